The Hall–Kier alpha value is 0. The molecule has 0 aliphatic carbocycles. The topological polar surface area (TPSA) is 0 Å². The zero-order chi connectivity index (χ0) is 10.8. The Labute approximate surface area is 91.5 Å². The second-order valence-corrected chi connectivity index (χ2v) is 4.67. The molecular formula is C14H29. The Morgan fingerprint density at radius 3 is 2.07 bits per heavy atom. The van der Waals surface area contributed by atoms with Crippen LogP contribution in [0.2, 0.25) is 0 Å². The summed E-state index contributed by atoms with van der Waals surface area (Å²) in [4.78, 5) is 0. The van der Waals surface area contributed by atoms with Gasteiger partial charge in [0.05, 0.1) is 0 Å². The van der Waals surface area contributed by atoms with Crippen LogP contribution in [0.25, 0.3) is 0 Å². The van der Waals surface area contributed by atoms with E-state index in [1.54, 1.807) is 5.92 Å². The van der Waals surface area contributed by atoms with E-state index < -0.39 is 0 Å². The fraction of sp³-hybridized carbons (Fsp3) is 0.929. The second kappa shape index (κ2) is 9.55. The molecule has 0 spiro atoms. The van der Waals surface area contributed by atoms with Gasteiger partial charge in [0.15, 0.2) is 0 Å². The van der Waals surface area contributed by atoms with Crippen molar-refractivity contribution in [3.8, 4) is 0 Å². The molecule has 0 aliphatic heterocycles. The first kappa shape index (κ1) is 14.0. The van der Waals surface area contributed by atoms with E-state index in [9.17, 15) is 0 Å². The van der Waals surface area contributed by atoms with Crippen LogP contribution >= 0.6 is 0 Å². The van der Waals surface area contributed by atoms with E-state index in [-0.39, 0.29) is 0 Å². The van der Waals surface area contributed by atoms with Crippen LogP contribution in [0.4, 0.5) is 0 Å². The molecule has 1 unspecified atom stereocenters. The summed E-state index contributed by atoms with van der Waals surface area (Å²) in [5.74, 6) is 2.55. The van der Waals surface area contributed by atoms with Gasteiger partial charge in [-0.15, -0.1) is 0 Å². The first-order valence-corrected chi connectivity index (χ1v) is 6.54. The van der Waals surface area contributed by atoms with E-state index in [4.69, 9.17) is 0 Å². The van der Waals surface area contributed by atoms with Gasteiger partial charge in [0, 0.05) is 0 Å². The van der Waals surface area contributed by atoms with Crippen molar-refractivity contribution >= 4 is 0 Å². The molecule has 14 heavy (non-hydrogen) atoms. The fourth-order valence-electron chi connectivity index (χ4n) is 1.78. The maximum atomic E-state index is 2.35. The van der Waals surface area contributed by atoms with Crippen molar-refractivity contribution in [1.29, 1.82) is 0 Å². The third-order valence-corrected chi connectivity index (χ3v) is 3.38. The highest BCUT2D eigenvalue weighted by Gasteiger charge is 2.09. The molecular weight excluding hydrogens is 168 g/mol. The van der Waals surface area contributed by atoms with Gasteiger partial charge in [0.25, 0.3) is 0 Å². The average Bonchev–Trinajstić information content (AvgIpc) is 2.21. The summed E-state index contributed by atoms with van der Waals surface area (Å²) >= 11 is 0. The molecule has 0 aliphatic rings. The van der Waals surface area contributed by atoms with Gasteiger partial charge in [0.2, 0.25) is 0 Å². The summed E-state index contributed by atoms with van der Waals surface area (Å²) < 4.78 is 0. The van der Waals surface area contributed by atoms with Crippen molar-refractivity contribution in [2.24, 2.45) is 5.92 Å². The molecule has 0 saturated heterocycles. The minimum atomic E-state index is 0.839. The lowest BCUT2D eigenvalue weighted by molar-refractivity contribution is 0.510. The first-order valence-electron chi connectivity index (χ1n) is 6.54. The molecule has 0 N–H and O–H groups in total. The zero-order valence-corrected chi connectivity index (χ0v) is 10.7. The van der Waals surface area contributed by atoms with Gasteiger partial charge in [-0.1, -0.05) is 72.6 Å². The molecule has 0 fully saturated rings. The predicted octanol–water partition coefficient (Wildman–Crippen LogP) is 5.38. The van der Waals surface area contributed by atoms with Gasteiger partial charge < -0.3 is 0 Å². The van der Waals surface area contributed by atoms with Gasteiger partial charge in [-0.2, -0.15) is 0 Å². The van der Waals surface area contributed by atoms with Crippen LogP contribution in [-0.2, 0) is 0 Å². The van der Waals surface area contributed by atoms with Crippen LogP contribution in [0.1, 0.15) is 79.1 Å². The van der Waals surface area contributed by atoms with Gasteiger partial charge in [-0.25, -0.2) is 0 Å². The van der Waals surface area contributed by atoms with Crippen LogP contribution < -0.4 is 0 Å². The van der Waals surface area contributed by atoms with Gasteiger partial charge in [0.1, 0.15) is 0 Å². The van der Waals surface area contributed by atoms with Gasteiger partial charge in [-0.3, -0.25) is 0 Å². The number of hydrogen-bond acceptors (Lipinski definition) is 0. The summed E-state index contributed by atoms with van der Waals surface area (Å²) in [6, 6.07) is 0. The lowest BCUT2D eigenvalue weighted by atomic mass is 9.89. The third-order valence-electron chi connectivity index (χ3n) is 3.38. The first-order chi connectivity index (χ1) is 6.72. The quantitative estimate of drug-likeness (QED) is 0.435. The van der Waals surface area contributed by atoms with Crippen LogP contribution in [0, 0.1) is 11.8 Å². The number of unbranched alkanes of at least 4 members (excludes halogenated alkanes) is 5. The van der Waals surface area contributed by atoms with E-state index in [1.165, 1.54) is 51.4 Å². The summed E-state index contributed by atoms with van der Waals surface area (Å²) in [6.07, 6.45) is 11.2. The Bertz CT molecular complexity index is 107. The van der Waals surface area contributed by atoms with E-state index in [1.807, 2.05) is 0 Å². The molecule has 0 heterocycles. The lowest BCUT2D eigenvalue weighted by Crippen LogP contribution is -2.04. The Balaban J connectivity index is 3.18. The molecule has 0 nitrogen and oxygen atoms in total. The average molecular weight is 197 g/mol. The maximum absolute atomic E-state index is 2.35. The van der Waals surface area contributed by atoms with Crippen molar-refractivity contribution in [1.82, 2.24) is 0 Å². The van der Waals surface area contributed by atoms with E-state index >= 15 is 0 Å². The molecule has 0 bridgehead atoms. The van der Waals surface area contributed by atoms with Crippen molar-refractivity contribution in [2.45, 2.75) is 79.1 Å². The summed E-state index contributed by atoms with van der Waals surface area (Å²) in [7, 11) is 0. The highest BCUT2D eigenvalue weighted by molar-refractivity contribution is 4.88. The van der Waals surface area contributed by atoms with Crippen molar-refractivity contribution in [3.63, 3.8) is 0 Å². The van der Waals surface area contributed by atoms with Gasteiger partial charge >= 0.3 is 0 Å². The summed E-state index contributed by atoms with van der Waals surface area (Å²) in [5, 5.41) is 0. The predicted molar refractivity (Wildman–Crippen MR) is 66.4 cm³/mol. The summed E-state index contributed by atoms with van der Waals surface area (Å²) in [5.41, 5.74) is 0. The van der Waals surface area contributed by atoms with Crippen molar-refractivity contribution < 1.29 is 0 Å². The number of rotatable bonds is 9. The Morgan fingerprint density at radius 2 is 1.50 bits per heavy atom. The molecule has 1 radical (unpaired) electrons. The van der Waals surface area contributed by atoms with Gasteiger partial charge in [-0.05, 0) is 18.3 Å². The molecule has 0 saturated carbocycles. The maximum Gasteiger partial charge on any atom is -0.0244 e. The highest BCUT2D eigenvalue weighted by atomic mass is 14.1. The van der Waals surface area contributed by atoms with E-state index in [0.717, 1.165) is 5.92 Å². The molecule has 85 valence electrons. The van der Waals surface area contributed by atoms with Crippen LogP contribution in [0.15, 0.2) is 0 Å². The molecule has 0 aromatic heterocycles. The highest BCUT2D eigenvalue weighted by Crippen LogP contribution is 2.23. The Morgan fingerprint density at radius 1 is 0.929 bits per heavy atom. The molecule has 0 rings (SSSR count). The lowest BCUT2D eigenvalue weighted by Gasteiger charge is -2.17. The standard InChI is InChI=1S/C14H29/c1-5-7-8-9-10-11-12-14(4)13(3)6-2/h13H,5-12H2,1-4H3. The molecule has 0 heteroatoms. The monoisotopic (exact) mass is 197 g/mol. The molecule has 1 atom stereocenters. The second-order valence-electron chi connectivity index (χ2n) is 4.67. The largest absolute Gasteiger partial charge is 0.0654 e. The smallest absolute Gasteiger partial charge is 0.0244 e. The minimum Gasteiger partial charge on any atom is -0.0654 e. The third kappa shape index (κ3) is 7.41. The van der Waals surface area contributed by atoms with Crippen LogP contribution in [0.5, 0.6) is 0 Å². The normalized spacial score (nSPS) is 13.5. The van der Waals surface area contributed by atoms with E-state index in [2.05, 4.69) is 27.7 Å². The molecule has 0 aromatic rings. The number of hydrogen-bond donors (Lipinski definition) is 0. The SMILES string of the molecule is CCCCCCCC[C](C)C(C)CC. The van der Waals surface area contributed by atoms with Crippen molar-refractivity contribution in [3.05, 3.63) is 5.92 Å². The fourth-order valence-corrected chi connectivity index (χ4v) is 1.78. The minimum absolute atomic E-state index is 0.839. The molecule has 0 aromatic carbocycles. The Kier molecular flexibility index (Phi) is 9.55. The van der Waals surface area contributed by atoms with E-state index in [0.29, 0.717) is 0 Å². The zero-order valence-electron chi connectivity index (χ0n) is 10.7. The van der Waals surface area contributed by atoms with Crippen LogP contribution in [-0.4, -0.2) is 0 Å². The molecule has 0 amide bonds. The summed E-state index contributed by atoms with van der Waals surface area (Å²) in [6.45, 7) is 9.25. The van der Waals surface area contributed by atoms with Crippen molar-refractivity contribution in [2.75, 3.05) is 0 Å². The van der Waals surface area contributed by atoms with Crippen LogP contribution in [0.3, 0.4) is 0 Å².